The molecule has 2 atom stereocenters. The first-order chi connectivity index (χ1) is 11.3. The molecular weight excluding hydrogens is 336 g/mol. The number of ether oxygens (including phenoxy) is 1. The van der Waals surface area contributed by atoms with Gasteiger partial charge in [-0.1, -0.05) is 13.8 Å². The van der Waals surface area contributed by atoms with Gasteiger partial charge in [0, 0.05) is 24.5 Å². The van der Waals surface area contributed by atoms with Crippen LogP contribution in [0.3, 0.4) is 0 Å². The molecule has 6 heteroatoms. The Labute approximate surface area is 157 Å². The molecule has 5 nitrogen and oxygen atoms in total. The van der Waals surface area contributed by atoms with Crippen LogP contribution in [0.5, 0.6) is 0 Å². The lowest BCUT2D eigenvalue weighted by atomic mass is 9.85. The van der Waals surface area contributed by atoms with Crippen molar-refractivity contribution in [2.45, 2.75) is 91.0 Å². The van der Waals surface area contributed by atoms with Gasteiger partial charge in [0.1, 0.15) is 10.3 Å². The molecule has 1 fully saturated rings. The van der Waals surface area contributed by atoms with Crippen LogP contribution in [-0.4, -0.2) is 45.0 Å². The third-order valence-electron chi connectivity index (χ3n) is 4.30. The van der Waals surface area contributed by atoms with E-state index in [1.807, 2.05) is 41.5 Å². The van der Waals surface area contributed by atoms with Crippen LogP contribution in [0.25, 0.3) is 0 Å². The quantitative estimate of drug-likeness (QED) is 0.736. The second-order valence-electron chi connectivity index (χ2n) is 9.54. The van der Waals surface area contributed by atoms with E-state index in [1.54, 1.807) is 4.90 Å². The molecule has 25 heavy (non-hydrogen) atoms. The summed E-state index contributed by atoms with van der Waals surface area (Å²) in [5.74, 6) is 0.978. The van der Waals surface area contributed by atoms with E-state index in [0.29, 0.717) is 24.9 Å². The van der Waals surface area contributed by atoms with Gasteiger partial charge in [-0.2, -0.15) is 0 Å². The molecule has 0 aliphatic carbocycles. The fraction of sp³-hybridized carbons (Fsp3) is 0.947. The Hall–Kier alpha value is -0.460. The lowest BCUT2D eigenvalue weighted by Gasteiger charge is -2.38. The maximum absolute atomic E-state index is 12.5. The van der Waals surface area contributed by atoms with Crippen LogP contribution >= 0.6 is 0 Å². The second kappa shape index (κ2) is 8.96. The van der Waals surface area contributed by atoms with Gasteiger partial charge in [0.25, 0.3) is 0 Å². The Morgan fingerprint density at radius 1 is 1.20 bits per heavy atom. The zero-order valence-electron chi connectivity index (χ0n) is 17.3. The first-order valence-corrected chi connectivity index (χ1v) is 10.6. The maximum Gasteiger partial charge on any atom is 0.410 e. The largest absolute Gasteiger partial charge is 0.598 e. The van der Waals surface area contributed by atoms with Gasteiger partial charge in [-0.15, -0.1) is 4.72 Å². The summed E-state index contributed by atoms with van der Waals surface area (Å²) in [5.41, 5.74) is -0.459. The van der Waals surface area contributed by atoms with Gasteiger partial charge >= 0.3 is 6.09 Å². The van der Waals surface area contributed by atoms with Crippen LogP contribution in [-0.2, 0) is 16.1 Å². The highest BCUT2D eigenvalue weighted by atomic mass is 32.2. The number of likely N-dealkylation sites (tertiary alicyclic amines) is 1. The molecule has 0 radical (unpaired) electrons. The molecule has 0 bridgehead atoms. The minimum absolute atomic E-state index is 0.223. The molecule has 0 aromatic rings. The van der Waals surface area contributed by atoms with Crippen LogP contribution in [0.15, 0.2) is 0 Å². The van der Waals surface area contributed by atoms with Crippen LogP contribution in [0.2, 0.25) is 0 Å². The van der Waals surface area contributed by atoms with E-state index in [9.17, 15) is 9.35 Å². The van der Waals surface area contributed by atoms with Crippen molar-refractivity contribution in [1.29, 1.82) is 0 Å². The summed E-state index contributed by atoms with van der Waals surface area (Å²) in [6.45, 7) is 17.5. The fourth-order valence-corrected chi connectivity index (χ4v) is 3.89. The van der Waals surface area contributed by atoms with Gasteiger partial charge in [-0.05, 0) is 72.6 Å². The number of nitrogens with one attached hydrogen (secondary N) is 1. The summed E-state index contributed by atoms with van der Waals surface area (Å²) in [4.78, 5) is 14.0. The summed E-state index contributed by atoms with van der Waals surface area (Å²) in [6, 6.07) is 0.223. The molecule has 0 aromatic carbocycles. The molecule has 0 aromatic heterocycles. The number of hydrogen-bond donors (Lipinski definition) is 1. The minimum Gasteiger partial charge on any atom is -0.598 e. The SMILES string of the molecule is CC(C)C[C@H](N[S@+]([O-])C(C)(C)C)C1CCN(C(=O)OC(C)(C)C)CC1. The van der Waals surface area contributed by atoms with Crippen molar-refractivity contribution in [2.24, 2.45) is 11.8 Å². The van der Waals surface area contributed by atoms with E-state index in [4.69, 9.17) is 4.74 Å². The van der Waals surface area contributed by atoms with Crippen molar-refractivity contribution >= 4 is 17.5 Å². The molecule has 1 aliphatic heterocycles. The predicted molar refractivity (Wildman–Crippen MR) is 105 cm³/mol. The van der Waals surface area contributed by atoms with Crippen molar-refractivity contribution in [3.8, 4) is 0 Å². The smallest absolute Gasteiger partial charge is 0.410 e. The van der Waals surface area contributed by atoms with Gasteiger partial charge < -0.3 is 14.2 Å². The summed E-state index contributed by atoms with van der Waals surface area (Å²) in [5, 5.41) is 0. The highest BCUT2D eigenvalue weighted by Gasteiger charge is 2.35. The lowest BCUT2D eigenvalue weighted by molar-refractivity contribution is 0.0169. The standard InChI is InChI=1S/C19H38N2O3S/c1-14(2)13-16(20-25(23)19(6,7)8)15-9-11-21(12-10-15)17(22)24-18(3,4)5/h14-16,20H,9-13H2,1-8H3/t16-,25+/m0/s1. The Morgan fingerprint density at radius 3 is 2.12 bits per heavy atom. The molecule has 1 saturated heterocycles. The van der Waals surface area contributed by atoms with Gasteiger partial charge in [0.2, 0.25) is 0 Å². The van der Waals surface area contributed by atoms with Gasteiger partial charge in [-0.3, -0.25) is 0 Å². The van der Waals surface area contributed by atoms with Gasteiger partial charge in [0.05, 0.1) is 6.04 Å². The Balaban J connectivity index is 2.64. The number of hydrogen-bond acceptors (Lipinski definition) is 4. The van der Waals surface area contributed by atoms with Crippen molar-refractivity contribution in [1.82, 2.24) is 9.62 Å². The highest BCUT2D eigenvalue weighted by molar-refractivity contribution is 7.90. The summed E-state index contributed by atoms with van der Waals surface area (Å²) >= 11 is -1.07. The van der Waals surface area contributed by atoms with E-state index >= 15 is 0 Å². The molecule has 0 unspecified atom stereocenters. The lowest BCUT2D eigenvalue weighted by Crippen LogP contribution is -2.51. The summed E-state index contributed by atoms with van der Waals surface area (Å²) < 4.78 is 21.1. The van der Waals surface area contributed by atoms with E-state index < -0.39 is 17.0 Å². The normalized spacial score (nSPS) is 19.8. The van der Waals surface area contributed by atoms with Crippen LogP contribution in [0, 0.1) is 11.8 Å². The highest BCUT2D eigenvalue weighted by Crippen LogP contribution is 2.27. The molecule has 1 rings (SSSR count). The third-order valence-corrected chi connectivity index (χ3v) is 5.93. The maximum atomic E-state index is 12.5. The monoisotopic (exact) mass is 374 g/mol. The molecule has 1 aliphatic rings. The minimum atomic E-state index is -1.07. The molecule has 1 heterocycles. The van der Waals surface area contributed by atoms with Crippen molar-refractivity contribution in [3.05, 3.63) is 0 Å². The first-order valence-electron chi connectivity index (χ1n) is 9.45. The zero-order chi connectivity index (χ0) is 19.4. The number of piperidine rings is 1. The Kier molecular flexibility index (Phi) is 8.09. The van der Waals surface area contributed by atoms with Crippen LogP contribution < -0.4 is 4.72 Å². The second-order valence-corrected chi connectivity index (χ2v) is 11.5. The summed E-state index contributed by atoms with van der Waals surface area (Å²) in [7, 11) is 0. The summed E-state index contributed by atoms with van der Waals surface area (Å²) in [6.07, 6.45) is 2.62. The van der Waals surface area contributed by atoms with Gasteiger partial charge in [0.15, 0.2) is 0 Å². The molecule has 148 valence electrons. The fourth-order valence-electron chi connectivity index (χ4n) is 2.97. The van der Waals surface area contributed by atoms with Crippen molar-refractivity contribution in [2.75, 3.05) is 13.1 Å². The number of carbonyl (C=O) groups excluding carboxylic acids is 1. The number of nitrogens with zero attached hydrogens (tertiary/aromatic N) is 1. The molecule has 1 N–H and O–H groups in total. The molecule has 1 amide bonds. The van der Waals surface area contributed by atoms with Gasteiger partial charge in [-0.25, -0.2) is 4.79 Å². The number of carbonyl (C=O) groups is 1. The van der Waals surface area contributed by atoms with Crippen LogP contribution in [0.1, 0.15) is 74.7 Å². The van der Waals surface area contributed by atoms with E-state index in [2.05, 4.69) is 18.6 Å². The van der Waals surface area contributed by atoms with E-state index in [0.717, 1.165) is 19.3 Å². The number of rotatable bonds is 5. The molecular formula is C19H38N2O3S. The Morgan fingerprint density at radius 2 is 1.72 bits per heavy atom. The average molecular weight is 375 g/mol. The van der Waals surface area contributed by atoms with E-state index in [-0.39, 0.29) is 16.9 Å². The first kappa shape index (κ1) is 22.6. The Bertz CT molecular complexity index is 421. The van der Waals surface area contributed by atoms with Crippen LogP contribution in [0.4, 0.5) is 4.79 Å². The zero-order valence-corrected chi connectivity index (χ0v) is 18.2. The third kappa shape index (κ3) is 8.18. The average Bonchev–Trinajstić information content (AvgIpc) is 2.43. The predicted octanol–water partition coefficient (Wildman–Crippen LogP) is 4.10. The molecule has 0 saturated carbocycles. The van der Waals surface area contributed by atoms with Crippen molar-refractivity contribution in [3.63, 3.8) is 0 Å². The topological polar surface area (TPSA) is 64.6 Å². The number of amides is 1. The van der Waals surface area contributed by atoms with Crippen molar-refractivity contribution < 1.29 is 14.1 Å². The molecule has 0 spiro atoms. The van der Waals surface area contributed by atoms with E-state index in [1.165, 1.54) is 0 Å².